The molecule has 2 aromatic heterocycles. The lowest BCUT2D eigenvalue weighted by molar-refractivity contribution is 0.0697. The van der Waals surface area contributed by atoms with Gasteiger partial charge in [-0.2, -0.15) is 0 Å². The van der Waals surface area contributed by atoms with Crippen LogP contribution in [0.2, 0.25) is 0 Å². The normalized spacial score (nSPS) is 10.5. The molecule has 100 valence electrons. The van der Waals surface area contributed by atoms with Gasteiger partial charge >= 0.3 is 5.97 Å². The summed E-state index contributed by atoms with van der Waals surface area (Å²) in [6, 6.07) is 0. The molecule has 0 aromatic carbocycles. The molecular weight excluding hydrogens is 284 g/mol. The average molecular weight is 296 g/mol. The summed E-state index contributed by atoms with van der Waals surface area (Å²) in [5.74, 6) is -1.35. The smallest absolute Gasteiger partial charge is 0.338 e. The number of nitrogens with zero attached hydrogens (tertiary/aromatic N) is 1. The molecule has 0 fully saturated rings. The molecule has 0 bridgehead atoms. The minimum absolute atomic E-state index is 0.164. The summed E-state index contributed by atoms with van der Waals surface area (Å²) in [6.45, 7) is 5.38. The van der Waals surface area contributed by atoms with Crippen LogP contribution in [0.5, 0.6) is 0 Å². The Balaban J connectivity index is 2.31. The first-order valence-corrected chi connectivity index (χ1v) is 7.10. The number of carboxylic acids is 1. The number of thiophene rings is 1. The molecule has 2 N–H and O–H groups in total. The number of aromatic nitrogens is 1. The number of nitrogens with one attached hydrogen (secondary N) is 1. The van der Waals surface area contributed by atoms with Crippen LogP contribution in [0.15, 0.2) is 6.20 Å². The molecule has 0 aliphatic rings. The molecule has 0 aliphatic heterocycles. The maximum atomic E-state index is 12.0. The largest absolute Gasteiger partial charge is 0.478 e. The van der Waals surface area contributed by atoms with Gasteiger partial charge in [0.2, 0.25) is 0 Å². The van der Waals surface area contributed by atoms with Crippen molar-refractivity contribution in [1.82, 2.24) is 4.98 Å². The Morgan fingerprint density at radius 1 is 1.26 bits per heavy atom. The second-order valence-corrected chi connectivity index (χ2v) is 6.45. The van der Waals surface area contributed by atoms with E-state index in [4.69, 9.17) is 0 Å². The van der Waals surface area contributed by atoms with Crippen LogP contribution in [-0.2, 0) is 0 Å². The molecule has 0 radical (unpaired) electrons. The third-order valence-corrected chi connectivity index (χ3v) is 4.71. The number of rotatable bonds is 3. The van der Waals surface area contributed by atoms with Crippen molar-refractivity contribution in [3.8, 4) is 0 Å². The van der Waals surface area contributed by atoms with Gasteiger partial charge in [-0.05, 0) is 26.3 Å². The molecule has 1 amide bonds. The highest BCUT2D eigenvalue weighted by molar-refractivity contribution is 7.17. The lowest BCUT2D eigenvalue weighted by atomic mass is 10.1. The van der Waals surface area contributed by atoms with Crippen LogP contribution in [-0.4, -0.2) is 22.0 Å². The van der Waals surface area contributed by atoms with E-state index in [-0.39, 0.29) is 11.5 Å². The van der Waals surface area contributed by atoms with E-state index >= 15 is 0 Å². The molecule has 0 atom stereocenters. The van der Waals surface area contributed by atoms with Gasteiger partial charge in [0.05, 0.1) is 16.8 Å². The monoisotopic (exact) mass is 296 g/mol. The first-order chi connectivity index (χ1) is 8.90. The van der Waals surface area contributed by atoms with Crippen LogP contribution in [0.3, 0.4) is 0 Å². The quantitative estimate of drug-likeness (QED) is 0.912. The molecule has 0 saturated carbocycles. The number of carbonyl (C=O) groups excluding carboxylic acids is 1. The zero-order valence-corrected chi connectivity index (χ0v) is 12.2. The van der Waals surface area contributed by atoms with Gasteiger partial charge in [-0.15, -0.1) is 22.7 Å². The van der Waals surface area contributed by atoms with Gasteiger partial charge in [-0.25, -0.2) is 9.78 Å². The first-order valence-electron chi connectivity index (χ1n) is 5.47. The SMILES string of the molecule is Cc1ncc(C(=O)Nc2sc(C)c(C)c2C(=O)O)s1. The molecule has 5 nitrogen and oxygen atoms in total. The Bertz CT molecular complexity index is 658. The highest BCUT2D eigenvalue weighted by Crippen LogP contribution is 2.32. The summed E-state index contributed by atoms with van der Waals surface area (Å²) in [4.78, 5) is 28.6. The summed E-state index contributed by atoms with van der Waals surface area (Å²) in [5.41, 5.74) is 0.852. The standard InChI is InChI=1S/C12H12N2O3S2/c1-5-6(2)18-11(9(5)12(16)17)14-10(15)8-4-13-7(3)19-8/h4H,1-3H3,(H,14,15)(H,16,17). The van der Waals surface area contributed by atoms with Crippen molar-refractivity contribution in [2.24, 2.45) is 0 Å². The Hall–Kier alpha value is -1.73. The number of anilines is 1. The fraction of sp³-hybridized carbons (Fsp3) is 0.250. The van der Waals surface area contributed by atoms with Crippen LogP contribution in [0.25, 0.3) is 0 Å². The number of hydrogen-bond acceptors (Lipinski definition) is 5. The topological polar surface area (TPSA) is 79.3 Å². The number of hydrogen-bond donors (Lipinski definition) is 2. The summed E-state index contributed by atoms with van der Waals surface area (Å²) in [5, 5.41) is 13.0. The molecule has 0 saturated heterocycles. The van der Waals surface area contributed by atoms with Crippen LogP contribution < -0.4 is 5.32 Å². The second kappa shape index (κ2) is 5.10. The summed E-state index contributed by atoms with van der Waals surface area (Å²) < 4.78 is 0. The third-order valence-electron chi connectivity index (χ3n) is 2.67. The molecule has 19 heavy (non-hydrogen) atoms. The molecule has 2 aromatic rings. The van der Waals surface area contributed by atoms with E-state index < -0.39 is 5.97 Å². The fourth-order valence-electron chi connectivity index (χ4n) is 1.60. The predicted octanol–water partition coefficient (Wildman–Crippen LogP) is 3.08. The molecule has 0 aliphatic carbocycles. The number of aryl methyl sites for hydroxylation is 2. The fourth-order valence-corrected chi connectivity index (χ4v) is 3.32. The van der Waals surface area contributed by atoms with E-state index in [0.29, 0.717) is 15.4 Å². The van der Waals surface area contributed by atoms with Gasteiger partial charge in [0.1, 0.15) is 9.88 Å². The molecule has 0 unspecified atom stereocenters. The molecule has 0 spiro atoms. The van der Waals surface area contributed by atoms with E-state index in [0.717, 1.165) is 9.88 Å². The van der Waals surface area contributed by atoms with Gasteiger partial charge < -0.3 is 10.4 Å². The van der Waals surface area contributed by atoms with Gasteiger partial charge in [0, 0.05) is 4.88 Å². The van der Waals surface area contributed by atoms with Crippen LogP contribution in [0.4, 0.5) is 5.00 Å². The Kier molecular flexibility index (Phi) is 3.68. The van der Waals surface area contributed by atoms with Crippen molar-refractivity contribution in [3.63, 3.8) is 0 Å². The predicted molar refractivity (Wildman–Crippen MR) is 75.6 cm³/mol. The Morgan fingerprint density at radius 2 is 1.95 bits per heavy atom. The number of carboxylic acid groups (broad SMARTS) is 1. The summed E-state index contributed by atoms with van der Waals surface area (Å²) in [6.07, 6.45) is 1.49. The molecular formula is C12H12N2O3S2. The van der Waals surface area contributed by atoms with Gasteiger partial charge in [-0.1, -0.05) is 0 Å². The van der Waals surface area contributed by atoms with Crippen molar-refractivity contribution < 1.29 is 14.7 Å². The lowest BCUT2D eigenvalue weighted by Crippen LogP contribution is -2.12. The first kappa shape index (κ1) is 13.7. The minimum atomic E-state index is -1.03. The number of carbonyl (C=O) groups is 2. The summed E-state index contributed by atoms with van der Waals surface area (Å²) in [7, 11) is 0. The molecule has 7 heteroatoms. The van der Waals surface area contributed by atoms with Crippen molar-refractivity contribution in [2.45, 2.75) is 20.8 Å². The molecule has 2 heterocycles. The van der Waals surface area contributed by atoms with Crippen molar-refractivity contribution in [2.75, 3.05) is 5.32 Å². The minimum Gasteiger partial charge on any atom is -0.478 e. The van der Waals surface area contributed by atoms with E-state index in [1.807, 2.05) is 13.8 Å². The van der Waals surface area contributed by atoms with Crippen molar-refractivity contribution >= 4 is 39.6 Å². The number of amides is 1. The lowest BCUT2D eigenvalue weighted by Gasteiger charge is -2.02. The average Bonchev–Trinajstić information content (AvgIpc) is 2.85. The van der Waals surface area contributed by atoms with E-state index in [9.17, 15) is 14.7 Å². The highest BCUT2D eigenvalue weighted by atomic mass is 32.1. The van der Waals surface area contributed by atoms with Gasteiger partial charge in [0.15, 0.2) is 0 Å². The maximum absolute atomic E-state index is 12.0. The third kappa shape index (κ3) is 2.66. The summed E-state index contributed by atoms with van der Waals surface area (Å²) >= 11 is 2.54. The number of aromatic carboxylic acids is 1. The molecule has 2 rings (SSSR count). The van der Waals surface area contributed by atoms with Gasteiger partial charge in [0.25, 0.3) is 5.91 Å². The van der Waals surface area contributed by atoms with E-state index in [2.05, 4.69) is 10.3 Å². The second-order valence-electron chi connectivity index (χ2n) is 3.99. The maximum Gasteiger partial charge on any atom is 0.338 e. The van der Waals surface area contributed by atoms with Crippen LogP contribution in [0.1, 0.15) is 35.5 Å². The van der Waals surface area contributed by atoms with Gasteiger partial charge in [-0.3, -0.25) is 4.79 Å². The van der Waals surface area contributed by atoms with Crippen molar-refractivity contribution in [3.05, 3.63) is 32.1 Å². The van der Waals surface area contributed by atoms with Crippen LogP contribution >= 0.6 is 22.7 Å². The van der Waals surface area contributed by atoms with Crippen LogP contribution in [0, 0.1) is 20.8 Å². The Labute approximate surface area is 117 Å². The van der Waals surface area contributed by atoms with Crippen molar-refractivity contribution in [1.29, 1.82) is 0 Å². The zero-order chi connectivity index (χ0) is 14.2. The zero-order valence-electron chi connectivity index (χ0n) is 10.6. The highest BCUT2D eigenvalue weighted by Gasteiger charge is 2.21. The number of thiazole rings is 1. The Morgan fingerprint density at radius 3 is 2.47 bits per heavy atom. The van der Waals surface area contributed by atoms with E-state index in [1.54, 1.807) is 6.92 Å². The van der Waals surface area contributed by atoms with E-state index in [1.165, 1.54) is 28.9 Å².